The molecular formula is C23H24N4O2. The first-order valence-corrected chi connectivity index (χ1v) is 9.73. The van der Waals surface area contributed by atoms with Crippen molar-refractivity contribution in [1.82, 2.24) is 9.97 Å². The van der Waals surface area contributed by atoms with Gasteiger partial charge in [0.05, 0.1) is 18.4 Å². The molecule has 3 aromatic rings. The minimum Gasteiger partial charge on any atom is -0.497 e. The number of nitrogens with zero attached hydrogens (tertiary/aromatic N) is 2. The average molecular weight is 388 g/mol. The van der Waals surface area contributed by atoms with Gasteiger partial charge >= 0.3 is 0 Å². The van der Waals surface area contributed by atoms with Crippen LogP contribution in [0, 0.1) is 13.8 Å². The smallest absolute Gasteiger partial charge is 0.229 e. The number of benzene rings is 2. The summed E-state index contributed by atoms with van der Waals surface area (Å²) in [6, 6.07) is 13.7. The van der Waals surface area contributed by atoms with E-state index >= 15 is 0 Å². The van der Waals surface area contributed by atoms with Gasteiger partial charge in [0.15, 0.2) is 5.78 Å². The highest BCUT2D eigenvalue weighted by Gasteiger charge is 2.25. The molecule has 1 aliphatic rings. The van der Waals surface area contributed by atoms with E-state index in [1.165, 1.54) is 5.56 Å². The lowest BCUT2D eigenvalue weighted by Gasteiger charge is -2.20. The molecule has 0 fully saturated rings. The van der Waals surface area contributed by atoms with E-state index in [0.29, 0.717) is 23.8 Å². The summed E-state index contributed by atoms with van der Waals surface area (Å²) >= 11 is 0. The number of rotatable bonds is 5. The number of aryl methyl sites for hydroxylation is 3. The number of ketones is 1. The Morgan fingerprint density at radius 3 is 2.66 bits per heavy atom. The second-order valence-corrected chi connectivity index (χ2v) is 7.29. The van der Waals surface area contributed by atoms with Crippen LogP contribution in [0.1, 0.15) is 40.0 Å². The lowest BCUT2D eigenvalue weighted by atomic mass is 9.95. The normalized spacial score (nSPS) is 13.0. The predicted molar refractivity (Wildman–Crippen MR) is 115 cm³/mol. The molecule has 1 aliphatic carbocycles. The van der Waals surface area contributed by atoms with Gasteiger partial charge in [-0.25, -0.2) is 4.98 Å². The maximum absolute atomic E-state index is 12.6. The van der Waals surface area contributed by atoms with Gasteiger partial charge in [0.1, 0.15) is 11.6 Å². The van der Waals surface area contributed by atoms with Crippen LogP contribution in [0.25, 0.3) is 0 Å². The Morgan fingerprint density at radius 2 is 1.86 bits per heavy atom. The molecule has 0 amide bonds. The Balaban J connectivity index is 1.74. The average Bonchev–Trinajstić information content (AvgIpc) is 2.70. The summed E-state index contributed by atoms with van der Waals surface area (Å²) in [6.07, 6.45) is 2.10. The van der Waals surface area contributed by atoms with E-state index in [1.807, 2.05) is 43.3 Å². The van der Waals surface area contributed by atoms with Gasteiger partial charge in [0.2, 0.25) is 5.95 Å². The summed E-state index contributed by atoms with van der Waals surface area (Å²) in [6.45, 7) is 4.10. The number of fused-ring (bicyclic) bond motifs is 1. The molecule has 0 unspecified atom stereocenters. The zero-order valence-electron chi connectivity index (χ0n) is 16.9. The molecule has 0 spiro atoms. The first-order chi connectivity index (χ1) is 14.0. The van der Waals surface area contributed by atoms with E-state index in [1.54, 1.807) is 7.11 Å². The first kappa shape index (κ1) is 18.9. The summed E-state index contributed by atoms with van der Waals surface area (Å²) in [5, 5.41) is 6.61. The SMILES string of the molecule is COc1cccc(Nc2nc3c(c(Nc4ccc(C)cc4C)n2)C(=O)CCC3)c1. The fourth-order valence-electron chi connectivity index (χ4n) is 3.58. The molecule has 0 saturated heterocycles. The molecule has 0 saturated carbocycles. The van der Waals surface area contributed by atoms with Crippen LogP contribution >= 0.6 is 0 Å². The molecule has 0 bridgehead atoms. The van der Waals surface area contributed by atoms with Crippen molar-refractivity contribution in [2.75, 3.05) is 17.7 Å². The summed E-state index contributed by atoms with van der Waals surface area (Å²) < 4.78 is 5.28. The molecule has 148 valence electrons. The molecule has 0 atom stereocenters. The molecule has 6 heteroatoms. The monoisotopic (exact) mass is 388 g/mol. The number of ether oxygens (including phenoxy) is 1. The molecule has 0 aliphatic heterocycles. The van der Waals surface area contributed by atoms with Crippen LogP contribution in [0.2, 0.25) is 0 Å². The fraction of sp³-hybridized carbons (Fsp3) is 0.261. The zero-order valence-corrected chi connectivity index (χ0v) is 16.9. The van der Waals surface area contributed by atoms with E-state index in [0.717, 1.165) is 41.2 Å². The van der Waals surface area contributed by atoms with E-state index in [9.17, 15) is 4.79 Å². The minimum atomic E-state index is 0.0893. The van der Waals surface area contributed by atoms with Crippen molar-refractivity contribution >= 4 is 28.9 Å². The molecular weight excluding hydrogens is 364 g/mol. The highest BCUT2D eigenvalue weighted by molar-refractivity contribution is 6.03. The number of Topliss-reactive ketones (excluding diaryl/α,β-unsaturated/α-hetero) is 1. The fourth-order valence-corrected chi connectivity index (χ4v) is 3.58. The minimum absolute atomic E-state index is 0.0893. The molecule has 1 aromatic heterocycles. The van der Waals surface area contributed by atoms with Crippen LogP contribution in [0.15, 0.2) is 42.5 Å². The number of hydrogen-bond acceptors (Lipinski definition) is 6. The largest absolute Gasteiger partial charge is 0.497 e. The highest BCUT2D eigenvalue weighted by Crippen LogP contribution is 2.31. The van der Waals surface area contributed by atoms with Crippen molar-refractivity contribution in [1.29, 1.82) is 0 Å². The van der Waals surface area contributed by atoms with Gasteiger partial charge in [-0.1, -0.05) is 23.8 Å². The highest BCUT2D eigenvalue weighted by atomic mass is 16.5. The topological polar surface area (TPSA) is 76.1 Å². The second-order valence-electron chi connectivity index (χ2n) is 7.29. The van der Waals surface area contributed by atoms with Crippen LogP contribution in [0.5, 0.6) is 5.75 Å². The van der Waals surface area contributed by atoms with Gasteiger partial charge in [0, 0.05) is 23.9 Å². The lowest BCUT2D eigenvalue weighted by Crippen LogP contribution is -2.18. The van der Waals surface area contributed by atoms with E-state index in [-0.39, 0.29) is 5.78 Å². The van der Waals surface area contributed by atoms with Gasteiger partial charge in [-0.2, -0.15) is 4.98 Å². The molecule has 0 radical (unpaired) electrons. The maximum Gasteiger partial charge on any atom is 0.229 e. The Hall–Kier alpha value is -3.41. The van der Waals surface area contributed by atoms with Crippen LogP contribution in [0.4, 0.5) is 23.1 Å². The van der Waals surface area contributed by atoms with Gasteiger partial charge in [-0.05, 0) is 50.5 Å². The van der Waals surface area contributed by atoms with E-state index < -0.39 is 0 Å². The van der Waals surface area contributed by atoms with Crippen molar-refractivity contribution in [2.45, 2.75) is 33.1 Å². The van der Waals surface area contributed by atoms with E-state index in [4.69, 9.17) is 4.74 Å². The van der Waals surface area contributed by atoms with Gasteiger partial charge in [-0.15, -0.1) is 0 Å². The van der Waals surface area contributed by atoms with Crippen LogP contribution in [-0.2, 0) is 6.42 Å². The summed E-state index contributed by atoms with van der Waals surface area (Å²) in [4.78, 5) is 21.9. The molecule has 2 N–H and O–H groups in total. The van der Waals surface area contributed by atoms with Gasteiger partial charge in [-0.3, -0.25) is 4.79 Å². The van der Waals surface area contributed by atoms with Crippen molar-refractivity contribution < 1.29 is 9.53 Å². The zero-order chi connectivity index (χ0) is 20.4. The Bertz CT molecular complexity index is 1080. The second kappa shape index (κ2) is 7.91. The van der Waals surface area contributed by atoms with Gasteiger partial charge < -0.3 is 15.4 Å². The third kappa shape index (κ3) is 4.06. The van der Waals surface area contributed by atoms with Gasteiger partial charge in [0.25, 0.3) is 0 Å². The molecule has 1 heterocycles. The number of carbonyl (C=O) groups excluding carboxylic acids is 1. The van der Waals surface area contributed by atoms with Crippen LogP contribution in [0.3, 0.4) is 0 Å². The van der Waals surface area contributed by atoms with Crippen molar-refractivity contribution in [2.24, 2.45) is 0 Å². The Morgan fingerprint density at radius 1 is 1.00 bits per heavy atom. The third-order valence-electron chi connectivity index (χ3n) is 5.04. The lowest BCUT2D eigenvalue weighted by molar-refractivity contribution is 0.0972. The Kier molecular flexibility index (Phi) is 5.16. The van der Waals surface area contributed by atoms with Crippen molar-refractivity contribution in [3.63, 3.8) is 0 Å². The Labute approximate surface area is 170 Å². The number of nitrogens with one attached hydrogen (secondary N) is 2. The number of aromatic nitrogens is 2. The standard InChI is InChI=1S/C23H24N4O2/c1-14-10-11-18(15(2)12-14)25-22-21-19(8-5-9-20(21)28)26-23(27-22)24-16-6-4-7-17(13-16)29-3/h4,6-7,10-13H,5,8-9H2,1-3H3,(H2,24,25,26,27). The maximum atomic E-state index is 12.6. The summed E-state index contributed by atoms with van der Waals surface area (Å²) in [5.74, 6) is 1.85. The van der Waals surface area contributed by atoms with Crippen LogP contribution < -0.4 is 15.4 Å². The third-order valence-corrected chi connectivity index (χ3v) is 5.04. The summed E-state index contributed by atoms with van der Waals surface area (Å²) in [5.41, 5.74) is 5.43. The van der Waals surface area contributed by atoms with Crippen molar-refractivity contribution in [3.05, 3.63) is 64.8 Å². The number of anilines is 4. The quantitative estimate of drug-likeness (QED) is 0.633. The summed E-state index contributed by atoms with van der Waals surface area (Å²) in [7, 11) is 1.63. The number of carbonyl (C=O) groups is 1. The first-order valence-electron chi connectivity index (χ1n) is 9.73. The van der Waals surface area contributed by atoms with Crippen molar-refractivity contribution in [3.8, 4) is 5.75 Å². The number of methoxy groups -OCH3 is 1. The molecule has 29 heavy (non-hydrogen) atoms. The van der Waals surface area contributed by atoms with E-state index in [2.05, 4.69) is 33.6 Å². The molecule has 4 rings (SSSR count). The number of hydrogen-bond donors (Lipinski definition) is 2. The van der Waals surface area contributed by atoms with Crippen LogP contribution in [-0.4, -0.2) is 22.9 Å². The predicted octanol–water partition coefficient (Wildman–Crippen LogP) is 5.11. The molecule has 6 nitrogen and oxygen atoms in total. The molecule has 2 aromatic carbocycles.